The molecular formula is C42H74N2O5Si2. The molecule has 1 aromatic heterocycles. The largest absolute Gasteiger partial charge is 0.469 e. The quantitative estimate of drug-likeness (QED) is 0.0655. The van der Waals surface area contributed by atoms with Gasteiger partial charge in [0.05, 0.1) is 36.8 Å². The predicted molar refractivity (Wildman–Crippen MR) is 219 cm³/mol. The number of rotatable bonds is 18. The van der Waals surface area contributed by atoms with Crippen LogP contribution in [-0.4, -0.2) is 51.2 Å². The Kier molecular flexibility index (Phi) is 15.4. The number of aromatic nitrogens is 2. The minimum atomic E-state index is -2.25. The highest BCUT2D eigenvalue weighted by Crippen LogP contribution is 2.43. The fourth-order valence-electron chi connectivity index (χ4n) is 6.17. The van der Waals surface area contributed by atoms with Crippen LogP contribution in [-0.2, 0) is 30.2 Å². The van der Waals surface area contributed by atoms with E-state index in [4.69, 9.17) is 18.6 Å². The average Bonchev–Trinajstić information content (AvgIpc) is 3.30. The molecule has 0 aliphatic carbocycles. The number of nitrogens with zero attached hydrogens (tertiary/aromatic N) is 2. The zero-order valence-electron chi connectivity index (χ0n) is 35.7. The number of benzene rings is 1. The molecule has 0 spiro atoms. The predicted octanol–water partition coefficient (Wildman–Crippen LogP) is 11.5. The molecule has 0 saturated carbocycles. The standard InChI is InChI=1S/C42H74N2O5Si2/c1-29(30(2)31(3)39(46)42(11,12)37(28-38(45)47-14)49-51(17,18)41(8,9)10)23-21-19-20-22-24-36(48-50(15,16)40(5,6)7)33-25-26-35-34(27-33)43-32(4)44(35)13/h20,22,25-27,29-31,36-37H,19,21,23-24,28H2,1-18H3/b22-20+/t29-,30-,31+,36-,37-/m0/s1. The third-order valence-corrected chi connectivity index (χ3v) is 21.6. The number of hydrogen-bond donors (Lipinski definition) is 0. The molecular weight excluding hydrogens is 669 g/mol. The molecule has 1 aromatic carbocycles. The molecule has 0 amide bonds. The lowest BCUT2D eigenvalue weighted by Crippen LogP contribution is -2.52. The van der Waals surface area contributed by atoms with E-state index < -0.39 is 28.2 Å². The van der Waals surface area contributed by atoms with Gasteiger partial charge in [0.2, 0.25) is 0 Å². The summed E-state index contributed by atoms with van der Waals surface area (Å²) in [5, 5.41) is 0.0649. The number of aryl methyl sites for hydroxylation is 2. The molecule has 2 rings (SSSR count). The van der Waals surface area contributed by atoms with Gasteiger partial charge in [-0.2, -0.15) is 0 Å². The molecule has 290 valence electrons. The highest BCUT2D eigenvalue weighted by atomic mass is 28.4. The van der Waals surface area contributed by atoms with Crippen molar-refractivity contribution in [2.75, 3.05) is 7.11 Å². The Morgan fingerprint density at radius 2 is 1.47 bits per heavy atom. The molecule has 0 unspecified atom stereocenters. The Labute approximate surface area is 314 Å². The van der Waals surface area contributed by atoms with Crippen LogP contribution in [0.5, 0.6) is 0 Å². The van der Waals surface area contributed by atoms with Crippen molar-refractivity contribution in [1.29, 1.82) is 0 Å². The van der Waals surface area contributed by atoms with E-state index in [1.807, 2.05) is 20.8 Å². The van der Waals surface area contributed by atoms with Gasteiger partial charge in [-0.1, -0.05) is 101 Å². The third-order valence-electron chi connectivity index (χ3n) is 12.7. The van der Waals surface area contributed by atoms with Crippen molar-refractivity contribution in [3.63, 3.8) is 0 Å². The van der Waals surface area contributed by atoms with Gasteiger partial charge in [-0.15, -0.1) is 0 Å². The first kappa shape index (κ1) is 45.1. The van der Waals surface area contributed by atoms with E-state index in [0.29, 0.717) is 5.92 Å². The van der Waals surface area contributed by atoms with Crippen LogP contribution in [0, 0.1) is 30.1 Å². The Morgan fingerprint density at radius 3 is 2.02 bits per heavy atom. The fourth-order valence-corrected chi connectivity index (χ4v) is 8.91. The van der Waals surface area contributed by atoms with Crippen molar-refractivity contribution in [2.24, 2.45) is 30.2 Å². The van der Waals surface area contributed by atoms with E-state index in [9.17, 15) is 9.59 Å². The van der Waals surface area contributed by atoms with Gasteiger partial charge in [-0.05, 0) is 92.0 Å². The van der Waals surface area contributed by atoms with E-state index >= 15 is 0 Å². The van der Waals surface area contributed by atoms with Crippen LogP contribution < -0.4 is 0 Å². The second kappa shape index (κ2) is 17.4. The first-order valence-electron chi connectivity index (χ1n) is 19.2. The molecule has 7 nitrogen and oxygen atoms in total. The van der Waals surface area contributed by atoms with Crippen molar-refractivity contribution in [1.82, 2.24) is 9.55 Å². The summed E-state index contributed by atoms with van der Waals surface area (Å²) in [6.07, 6.45) is 8.00. The van der Waals surface area contributed by atoms with Gasteiger partial charge in [-0.25, -0.2) is 4.98 Å². The maximum Gasteiger partial charge on any atom is 0.308 e. The number of Topliss-reactive ketones (excluding diaryl/α,β-unsaturated/α-hetero) is 1. The van der Waals surface area contributed by atoms with E-state index in [2.05, 4.69) is 130 Å². The van der Waals surface area contributed by atoms with Crippen molar-refractivity contribution in [2.45, 2.75) is 164 Å². The minimum Gasteiger partial charge on any atom is -0.469 e. The van der Waals surface area contributed by atoms with Gasteiger partial charge < -0.3 is 18.2 Å². The second-order valence-corrected chi connectivity index (χ2v) is 28.3. The number of hydrogen-bond acceptors (Lipinski definition) is 6. The average molecular weight is 743 g/mol. The SMILES string of the molecule is COC(=O)C[C@H](O[Si](C)(C)C(C)(C)C)C(C)(C)C(=O)[C@H](C)[C@@H](C)[C@@H](C)CCC/C=C/C[C@H](O[Si](C)(C)C(C)(C)C)c1ccc2c(c1)nc(C)n2C. The monoisotopic (exact) mass is 743 g/mol. The number of allylic oxidation sites excluding steroid dienone is 1. The number of imidazole rings is 1. The van der Waals surface area contributed by atoms with Crippen molar-refractivity contribution >= 4 is 39.4 Å². The van der Waals surface area contributed by atoms with E-state index in [-0.39, 0.29) is 46.2 Å². The lowest BCUT2D eigenvalue weighted by Gasteiger charge is -2.44. The molecule has 0 N–H and O–H groups in total. The summed E-state index contributed by atoms with van der Waals surface area (Å²) < 4.78 is 20.9. The van der Waals surface area contributed by atoms with Crippen LogP contribution >= 0.6 is 0 Å². The number of esters is 1. The van der Waals surface area contributed by atoms with Gasteiger partial charge in [-0.3, -0.25) is 9.59 Å². The van der Waals surface area contributed by atoms with Crippen LogP contribution in [0.1, 0.15) is 126 Å². The maximum absolute atomic E-state index is 14.2. The van der Waals surface area contributed by atoms with Gasteiger partial charge in [0.15, 0.2) is 16.6 Å². The summed E-state index contributed by atoms with van der Waals surface area (Å²) in [7, 11) is -0.808. The van der Waals surface area contributed by atoms with E-state index in [0.717, 1.165) is 42.5 Å². The Bertz CT molecular complexity index is 1490. The lowest BCUT2D eigenvalue weighted by molar-refractivity contribution is -0.147. The molecule has 0 aliphatic heterocycles. The highest BCUT2D eigenvalue weighted by molar-refractivity contribution is 6.74. The molecule has 0 aliphatic rings. The van der Waals surface area contributed by atoms with Crippen LogP contribution in [0.25, 0.3) is 11.0 Å². The van der Waals surface area contributed by atoms with E-state index in [1.54, 1.807) is 0 Å². The molecule has 0 fully saturated rings. The van der Waals surface area contributed by atoms with Crippen LogP contribution in [0.3, 0.4) is 0 Å². The summed E-state index contributed by atoms with van der Waals surface area (Å²) in [5.41, 5.74) is 2.51. The fraction of sp³-hybridized carbons (Fsp3) is 0.738. The van der Waals surface area contributed by atoms with Crippen molar-refractivity contribution in [3.05, 3.63) is 41.7 Å². The number of ether oxygens (including phenoxy) is 1. The normalized spacial score (nSPS) is 16.7. The van der Waals surface area contributed by atoms with E-state index in [1.165, 1.54) is 12.7 Å². The Morgan fingerprint density at radius 1 is 0.902 bits per heavy atom. The molecule has 9 heteroatoms. The molecule has 5 atom stereocenters. The Balaban J connectivity index is 2.10. The summed E-state index contributed by atoms with van der Waals surface area (Å²) in [6.45, 7) is 34.9. The highest BCUT2D eigenvalue weighted by Gasteiger charge is 2.48. The van der Waals surface area contributed by atoms with Gasteiger partial charge >= 0.3 is 5.97 Å². The second-order valence-electron chi connectivity index (χ2n) is 18.8. The third kappa shape index (κ3) is 11.5. The summed E-state index contributed by atoms with van der Waals surface area (Å²) in [5.74, 6) is 1.22. The first-order chi connectivity index (χ1) is 23.2. The smallest absolute Gasteiger partial charge is 0.308 e. The molecule has 51 heavy (non-hydrogen) atoms. The zero-order chi connectivity index (χ0) is 39.3. The van der Waals surface area contributed by atoms with Crippen molar-refractivity contribution in [3.8, 4) is 0 Å². The lowest BCUT2D eigenvalue weighted by atomic mass is 9.70. The van der Waals surface area contributed by atoms with Crippen LogP contribution in [0.15, 0.2) is 30.4 Å². The molecule has 0 radical (unpaired) electrons. The van der Waals surface area contributed by atoms with Gasteiger partial charge in [0, 0.05) is 18.4 Å². The minimum absolute atomic E-state index is 0.0216. The number of methoxy groups -OCH3 is 1. The number of unbranched alkanes of at least 4 members (excludes halogenated alkanes) is 1. The van der Waals surface area contributed by atoms with Crippen LogP contribution in [0.2, 0.25) is 36.3 Å². The Hall–Kier alpha value is -2.08. The molecule has 0 saturated heterocycles. The topological polar surface area (TPSA) is 79.7 Å². The molecule has 2 aromatic rings. The van der Waals surface area contributed by atoms with Crippen LogP contribution in [0.4, 0.5) is 0 Å². The first-order valence-corrected chi connectivity index (χ1v) is 25.0. The molecule has 1 heterocycles. The zero-order valence-corrected chi connectivity index (χ0v) is 37.7. The number of carbonyl (C=O) groups is 2. The maximum atomic E-state index is 14.2. The number of fused-ring (bicyclic) bond motifs is 1. The van der Waals surface area contributed by atoms with Gasteiger partial charge in [0.25, 0.3) is 0 Å². The summed E-state index contributed by atoms with van der Waals surface area (Å²) in [6, 6.07) is 6.59. The molecule has 0 bridgehead atoms. The number of ketones is 1. The van der Waals surface area contributed by atoms with Gasteiger partial charge in [0.1, 0.15) is 11.6 Å². The summed E-state index contributed by atoms with van der Waals surface area (Å²) >= 11 is 0. The number of carbonyl (C=O) groups excluding carboxylic acids is 2. The van der Waals surface area contributed by atoms with Crippen molar-refractivity contribution < 1.29 is 23.2 Å². The summed E-state index contributed by atoms with van der Waals surface area (Å²) in [4.78, 5) is 31.4.